The molecule has 1 aliphatic rings. The molecule has 0 atom stereocenters. The Labute approximate surface area is 108 Å². The number of anilines is 1. The molecule has 0 spiro atoms. The number of pyridine rings is 1. The molecule has 4 nitrogen and oxygen atoms in total. The van der Waals surface area contributed by atoms with Gasteiger partial charge >= 0.3 is 5.97 Å². The summed E-state index contributed by atoms with van der Waals surface area (Å²) in [4.78, 5) is 18.2. The second kappa shape index (κ2) is 5.85. The van der Waals surface area contributed by atoms with Crippen molar-refractivity contribution in [3.63, 3.8) is 0 Å². The summed E-state index contributed by atoms with van der Waals surface area (Å²) >= 11 is 0. The number of hydrogen-bond donors (Lipinski definition) is 0. The van der Waals surface area contributed by atoms with Crippen LogP contribution in [0.15, 0.2) is 18.3 Å². The molecular weight excluding hydrogens is 228 g/mol. The van der Waals surface area contributed by atoms with Gasteiger partial charge in [0, 0.05) is 18.8 Å². The first-order valence-electron chi connectivity index (χ1n) is 6.57. The lowest BCUT2D eigenvalue weighted by Crippen LogP contribution is -2.27. The molecule has 1 fully saturated rings. The van der Waals surface area contributed by atoms with Gasteiger partial charge in [-0.05, 0) is 31.4 Å². The number of carbonyl (C=O) groups is 1. The van der Waals surface area contributed by atoms with Gasteiger partial charge in [-0.15, -0.1) is 0 Å². The quantitative estimate of drug-likeness (QED) is 0.726. The second-order valence-electron chi connectivity index (χ2n) is 4.67. The van der Waals surface area contributed by atoms with Crippen LogP contribution in [0.2, 0.25) is 0 Å². The van der Waals surface area contributed by atoms with E-state index in [0.29, 0.717) is 11.6 Å². The Hall–Kier alpha value is -1.58. The van der Waals surface area contributed by atoms with Gasteiger partial charge in [-0.25, -0.2) is 9.78 Å². The average molecular weight is 248 g/mol. The van der Waals surface area contributed by atoms with E-state index in [1.807, 2.05) is 6.07 Å². The fraction of sp³-hybridized carbons (Fsp3) is 0.571. The van der Waals surface area contributed by atoms with Crippen molar-refractivity contribution in [2.24, 2.45) is 0 Å². The number of carbonyl (C=O) groups excluding carboxylic acids is 1. The van der Waals surface area contributed by atoms with Crippen LogP contribution in [0.4, 0.5) is 5.82 Å². The van der Waals surface area contributed by atoms with E-state index in [1.165, 1.54) is 26.4 Å². The van der Waals surface area contributed by atoms with Crippen molar-refractivity contribution in [2.75, 3.05) is 18.6 Å². The van der Waals surface area contributed by atoms with Gasteiger partial charge in [0.15, 0.2) is 0 Å². The molecule has 2 rings (SSSR count). The highest BCUT2D eigenvalue weighted by molar-refractivity contribution is 5.90. The first kappa shape index (κ1) is 12.9. The summed E-state index contributed by atoms with van der Waals surface area (Å²) in [5.41, 5.74) is 0.574. The van der Waals surface area contributed by atoms with E-state index in [-0.39, 0.29) is 5.97 Å². The third kappa shape index (κ3) is 3.00. The number of ether oxygens (including phenoxy) is 1. The Kier molecular flexibility index (Phi) is 4.18. The van der Waals surface area contributed by atoms with E-state index < -0.39 is 0 Å². The predicted molar refractivity (Wildman–Crippen MR) is 70.9 cm³/mol. The molecular formula is C14H20N2O2. The smallest absolute Gasteiger partial charge is 0.338 e. The topological polar surface area (TPSA) is 42.4 Å². The Bertz CT molecular complexity index is 416. The summed E-state index contributed by atoms with van der Waals surface area (Å²) in [6, 6.07) is 4.14. The molecule has 18 heavy (non-hydrogen) atoms. The largest absolute Gasteiger partial charge is 0.465 e. The number of nitrogens with zero attached hydrogens (tertiary/aromatic N) is 2. The number of rotatable bonds is 6. The van der Waals surface area contributed by atoms with Crippen LogP contribution < -0.4 is 4.90 Å². The van der Waals surface area contributed by atoms with Crippen molar-refractivity contribution in [2.45, 2.75) is 38.6 Å². The van der Waals surface area contributed by atoms with Crippen LogP contribution in [0.3, 0.4) is 0 Å². The van der Waals surface area contributed by atoms with Crippen molar-refractivity contribution in [1.82, 2.24) is 4.98 Å². The van der Waals surface area contributed by atoms with Crippen LogP contribution in [0.25, 0.3) is 0 Å². The normalized spacial score (nSPS) is 14.3. The minimum atomic E-state index is -0.301. The first-order chi connectivity index (χ1) is 8.76. The van der Waals surface area contributed by atoms with Gasteiger partial charge in [-0.1, -0.05) is 13.3 Å². The highest BCUT2D eigenvalue weighted by Gasteiger charge is 2.29. The van der Waals surface area contributed by atoms with Crippen LogP contribution in [0.1, 0.15) is 43.0 Å². The van der Waals surface area contributed by atoms with E-state index in [0.717, 1.165) is 18.8 Å². The number of methoxy groups -OCH3 is 1. The maximum atomic E-state index is 11.5. The van der Waals surface area contributed by atoms with Crippen molar-refractivity contribution in [3.05, 3.63) is 23.9 Å². The van der Waals surface area contributed by atoms with E-state index in [1.54, 1.807) is 12.3 Å². The minimum absolute atomic E-state index is 0.301. The zero-order valence-corrected chi connectivity index (χ0v) is 11.1. The van der Waals surface area contributed by atoms with Crippen molar-refractivity contribution < 1.29 is 9.53 Å². The third-order valence-electron chi connectivity index (χ3n) is 3.20. The van der Waals surface area contributed by atoms with Crippen LogP contribution in [0.5, 0.6) is 0 Å². The molecule has 98 valence electrons. The molecule has 0 unspecified atom stereocenters. The van der Waals surface area contributed by atoms with Crippen molar-refractivity contribution in [3.8, 4) is 0 Å². The van der Waals surface area contributed by atoms with Gasteiger partial charge in [0.05, 0.1) is 12.7 Å². The fourth-order valence-corrected chi connectivity index (χ4v) is 2.02. The van der Waals surface area contributed by atoms with E-state index in [9.17, 15) is 4.79 Å². The molecule has 0 saturated heterocycles. The molecule has 1 saturated carbocycles. The molecule has 0 bridgehead atoms. The molecule has 1 heterocycles. The van der Waals surface area contributed by atoms with Crippen LogP contribution in [0, 0.1) is 0 Å². The lowest BCUT2D eigenvalue weighted by Gasteiger charge is -2.23. The Balaban J connectivity index is 2.16. The van der Waals surface area contributed by atoms with Crippen molar-refractivity contribution in [1.29, 1.82) is 0 Å². The van der Waals surface area contributed by atoms with Crippen molar-refractivity contribution >= 4 is 11.8 Å². The molecule has 1 aromatic rings. The maximum Gasteiger partial charge on any atom is 0.338 e. The Morgan fingerprint density at radius 2 is 2.33 bits per heavy atom. The molecule has 0 amide bonds. The predicted octanol–water partition coefficient (Wildman–Crippen LogP) is 2.64. The molecule has 0 radical (unpaired) electrons. The SMILES string of the molecule is CCCCN(c1cc(C(=O)OC)ccn1)C1CC1. The van der Waals surface area contributed by atoms with Crippen LogP contribution >= 0.6 is 0 Å². The molecule has 1 aliphatic carbocycles. The fourth-order valence-electron chi connectivity index (χ4n) is 2.02. The third-order valence-corrected chi connectivity index (χ3v) is 3.20. The van der Waals surface area contributed by atoms with Gasteiger partial charge < -0.3 is 9.64 Å². The molecule has 0 aliphatic heterocycles. The molecule has 0 N–H and O–H groups in total. The zero-order chi connectivity index (χ0) is 13.0. The van der Waals surface area contributed by atoms with Gasteiger partial charge in [0.1, 0.15) is 5.82 Å². The van der Waals surface area contributed by atoms with Gasteiger partial charge in [0.25, 0.3) is 0 Å². The summed E-state index contributed by atoms with van der Waals surface area (Å²) in [7, 11) is 1.40. The van der Waals surface area contributed by atoms with E-state index in [4.69, 9.17) is 4.74 Å². The Morgan fingerprint density at radius 3 is 2.94 bits per heavy atom. The maximum absolute atomic E-state index is 11.5. The monoisotopic (exact) mass is 248 g/mol. The zero-order valence-electron chi connectivity index (χ0n) is 11.1. The average Bonchev–Trinajstić information content (AvgIpc) is 3.23. The van der Waals surface area contributed by atoms with Crippen LogP contribution in [-0.4, -0.2) is 30.6 Å². The summed E-state index contributed by atoms with van der Waals surface area (Å²) < 4.78 is 4.74. The summed E-state index contributed by atoms with van der Waals surface area (Å²) in [5, 5.41) is 0. The summed E-state index contributed by atoms with van der Waals surface area (Å²) in [5.74, 6) is 0.596. The summed E-state index contributed by atoms with van der Waals surface area (Å²) in [6.07, 6.45) is 6.46. The second-order valence-corrected chi connectivity index (χ2v) is 4.67. The van der Waals surface area contributed by atoms with E-state index >= 15 is 0 Å². The van der Waals surface area contributed by atoms with E-state index in [2.05, 4.69) is 16.8 Å². The minimum Gasteiger partial charge on any atom is -0.465 e. The molecule has 0 aromatic carbocycles. The first-order valence-corrected chi connectivity index (χ1v) is 6.57. The lowest BCUT2D eigenvalue weighted by atomic mass is 10.2. The molecule has 4 heteroatoms. The lowest BCUT2D eigenvalue weighted by molar-refractivity contribution is 0.0600. The van der Waals surface area contributed by atoms with Gasteiger partial charge in [0.2, 0.25) is 0 Å². The number of unbranched alkanes of at least 4 members (excludes halogenated alkanes) is 1. The highest BCUT2D eigenvalue weighted by Crippen LogP contribution is 2.31. The Morgan fingerprint density at radius 1 is 1.56 bits per heavy atom. The highest BCUT2D eigenvalue weighted by atomic mass is 16.5. The standard InChI is InChI=1S/C14H20N2O2/c1-3-4-9-16(12-5-6-12)13-10-11(7-8-15-13)14(17)18-2/h7-8,10,12H,3-6,9H2,1-2H3. The summed E-state index contributed by atoms with van der Waals surface area (Å²) in [6.45, 7) is 3.20. The van der Waals surface area contributed by atoms with Gasteiger partial charge in [-0.2, -0.15) is 0 Å². The van der Waals surface area contributed by atoms with Gasteiger partial charge in [-0.3, -0.25) is 0 Å². The number of hydrogen-bond acceptors (Lipinski definition) is 4. The number of esters is 1. The molecule has 1 aromatic heterocycles. The van der Waals surface area contributed by atoms with Crippen LogP contribution in [-0.2, 0) is 4.74 Å². The number of aromatic nitrogens is 1.